The van der Waals surface area contributed by atoms with Gasteiger partial charge in [-0.1, -0.05) is 51.1 Å². The van der Waals surface area contributed by atoms with E-state index in [1.807, 2.05) is 0 Å². The van der Waals surface area contributed by atoms with Gasteiger partial charge in [0.15, 0.2) is 0 Å². The molecule has 2 aromatic carbocycles. The van der Waals surface area contributed by atoms with Gasteiger partial charge in [-0.15, -0.1) is 0 Å². The first-order chi connectivity index (χ1) is 12.4. The van der Waals surface area contributed by atoms with Crippen LogP contribution in [-0.2, 0) is 5.41 Å². The number of benzene rings is 2. The van der Waals surface area contributed by atoms with Gasteiger partial charge in [0.2, 0.25) is 0 Å². The Labute approximate surface area is 155 Å². The van der Waals surface area contributed by atoms with Gasteiger partial charge >= 0.3 is 0 Å². The lowest BCUT2D eigenvalue weighted by Crippen LogP contribution is -2.49. The van der Waals surface area contributed by atoms with Crippen molar-refractivity contribution in [2.45, 2.75) is 39.2 Å². The van der Waals surface area contributed by atoms with Gasteiger partial charge in [-0.2, -0.15) is 0 Å². The number of anilines is 1. The highest BCUT2D eigenvalue weighted by Gasteiger charge is 2.20. The van der Waals surface area contributed by atoms with E-state index in [0.29, 0.717) is 6.04 Å². The highest BCUT2D eigenvalue weighted by molar-refractivity contribution is 5.91. The summed E-state index contributed by atoms with van der Waals surface area (Å²) in [6.07, 6.45) is 0. The summed E-state index contributed by atoms with van der Waals surface area (Å²) in [6.45, 7) is 12.0. The van der Waals surface area contributed by atoms with E-state index in [-0.39, 0.29) is 5.41 Å². The molecule has 0 aliphatic carbocycles. The molecule has 136 valence electrons. The summed E-state index contributed by atoms with van der Waals surface area (Å²) in [5, 5.41) is 3.51. The monoisotopic (exact) mass is 348 g/mol. The fourth-order valence-corrected chi connectivity index (χ4v) is 3.69. The molecule has 4 rings (SSSR count). The van der Waals surface area contributed by atoms with Gasteiger partial charge in [0.25, 0.3) is 0 Å². The zero-order valence-electron chi connectivity index (χ0n) is 16.1. The minimum Gasteiger partial charge on any atom is -0.367 e. The minimum absolute atomic E-state index is 0.165. The largest absolute Gasteiger partial charge is 0.367 e. The summed E-state index contributed by atoms with van der Waals surface area (Å²) in [5.41, 5.74) is 6.03. The molecular formula is C22H28N4. The first-order valence-electron chi connectivity index (χ1n) is 9.50. The van der Waals surface area contributed by atoms with Crippen molar-refractivity contribution in [1.82, 2.24) is 15.3 Å². The molecule has 4 heteroatoms. The molecule has 0 amide bonds. The van der Waals surface area contributed by atoms with E-state index in [0.717, 1.165) is 42.1 Å². The van der Waals surface area contributed by atoms with Crippen molar-refractivity contribution < 1.29 is 0 Å². The third kappa shape index (κ3) is 3.21. The van der Waals surface area contributed by atoms with Crippen LogP contribution in [0.3, 0.4) is 0 Å². The van der Waals surface area contributed by atoms with Gasteiger partial charge in [-0.3, -0.25) is 0 Å². The Hall–Kier alpha value is -2.33. The number of aromatic nitrogens is 2. The summed E-state index contributed by atoms with van der Waals surface area (Å²) in [5.74, 6) is 0.941. The van der Waals surface area contributed by atoms with Crippen molar-refractivity contribution in [2.24, 2.45) is 0 Å². The molecule has 4 nitrogen and oxygen atoms in total. The summed E-state index contributed by atoms with van der Waals surface area (Å²) in [6, 6.07) is 15.7. The Kier molecular flexibility index (Phi) is 4.23. The SMILES string of the molecule is C[C@H]1CN(c2cccc3[nH]c(-c4ccc(C(C)(C)C)cc4)nc23)CCN1. The van der Waals surface area contributed by atoms with E-state index in [1.54, 1.807) is 0 Å². The molecule has 2 heterocycles. The van der Waals surface area contributed by atoms with Crippen LogP contribution in [0.25, 0.3) is 22.4 Å². The number of nitrogens with zero attached hydrogens (tertiary/aromatic N) is 2. The third-order valence-corrected chi connectivity index (χ3v) is 5.23. The molecule has 1 aliphatic rings. The average Bonchev–Trinajstić information content (AvgIpc) is 3.05. The van der Waals surface area contributed by atoms with Crippen LogP contribution in [0.15, 0.2) is 42.5 Å². The van der Waals surface area contributed by atoms with Crippen molar-refractivity contribution in [3.05, 3.63) is 48.0 Å². The van der Waals surface area contributed by atoms with Gasteiger partial charge in [0, 0.05) is 31.2 Å². The maximum atomic E-state index is 4.96. The summed E-state index contributed by atoms with van der Waals surface area (Å²) < 4.78 is 0. The average molecular weight is 348 g/mol. The van der Waals surface area contributed by atoms with E-state index in [2.05, 4.69) is 85.4 Å². The lowest BCUT2D eigenvalue weighted by Gasteiger charge is -2.33. The number of fused-ring (bicyclic) bond motifs is 1. The fourth-order valence-electron chi connectivity index (χ4n) is 3.69. The molecule has 26 heavy (non-hydrogen) atoms. The van der Waals surface area contributed by atoms with Crippen LogP contribution >= 0.6 is 0 Å². The van der Waals surface area contributed by atoms with Crippen molar-refractivity contribution in [3.63, 3.8) is 0 Å². The standard InChI is InChI=1S/C22H28N4/c1-15-14-26(13-12-23-15)19-7-5-6-18-20(19)25-21(24-18)16-8-10-17(11-9-16)22(2,3)4/h5-11,15,23H,12-14H2,1-4H3,(H,24,25)/t15-/m0/s1. The Morgan fingerprint density at radius 3 is 2.54 bits per heavy atom. The first-order valence-corrected chi connectivity index (χ1v) is 9.50. The number of hydrogen-bond acceptors (Lipinski definition) is 3. The topological polar surface area (TPSA) is 44.0 Å². The molecule has 0 unspecified atom stereocenters. The molecule has 0 spiro atoms. The number of imidazole rings is 1. The molecule has 1 fully saturated rings. The van der Waals surface area contributed by atoms with E-state index in [9.17, 15) is 0 Å². The van der Waals surface area contributed by atoms with Crippen molar-refractivity contribution in [2.75, 3.05) is 24.5 Å². The highest BCUT2D eigenvalue weighted by Crippen LogP contribution is 2.30. The minimum atomic E-state index is 0.165. The number of nitrogens with one attached hydrogen (secondary N) is 2. The lowest BCUT2D eigenvalue weighted by molar-refractivity contribution is 0.485. The smallest absolute Gasteiger partial charge is 0.138 e. The van der Waals surface area contributed by atoms with Crippen molar-refractivity contribution in [1.29, 1.82) is 0 Å². The predicted molar refractivity (Wildman–Crippen MR) is 110 cm³/mol. The number of rotatable bonds is 2. The molecule has 2 N–H and O–H groups in total. The summed E-state index contributed by atoms with van der Waals surface area (Å²) >= 11 is 0. The van der Waals surface area contributed by atoms with E-state index in [4.69, 9.17) is 4.98 Å². The van der Waals surface area contributed by atoms with Crippen LogP contribution in [0, 0.1) is 0 Å². The molecule has 0 radical (unpaired) electrons. The van der Waals surface area contributed by atoms with Crippen LogP contribution in [0.5, 0.6) is 0 Å². The van der Waals surface area contributed by atoms with Crippen LogP contribution in [0.1, 0.15) is 33.3 Å². The third-order valence-electron chi connectivity index (χ3n) is 5.23. The van der Waals surface area contributed by atoms with Crippen LogP contribution < -0.4 is 10.2 Å². The van der Waals surface area contributed by atoms with Crippen LogP contribution in [-0.4, -0.2) is 35.6 Å². The molecule has 1 atom stereocenters. The van der Waals surface area contributed by atoms with Gasteiger partial charge in [-0.05, 0) is 30.0 Å². The van der Waals surface area contributed by atoms with Crippen LogP contribution in [0.2, 0.25) is 0 Å². The first kappa shape index (κ1) is 17.1. The zero-order chi connectivity index (χ0) is 18.3. The van der Waals surface area contributed by atoms with E-state index in [1.165, 1.54) is 11.3 Å². The van der Waals surface area contributed by atoms with E-state index >= 15 is 0 Å². The number of para-hydroxylation sites is 1. The Morgan fingerprint density at radius 2 is 1.85 bits per heavy atom. The molecule has 1 aliphatic heterocycles. The summed E-state index contributed by atoms with van der Waals surface area (Å²) in [4.78, 5) is 10.9. The number of hydrogen-bond donors (Lipinski definition) is 2. The zero-order valence-corrected chi connectivity index (χ0v) is 16.1. The Morgan fingerprint density at radius 1 is 1.08 bits per heavy atom. The fraction of sp³-hybridized carbons (Fsp3) is 0.409. The Bertz CT molecular complexity index is 902. The van der Waals surface area contributed by atoms with Gasteiger partial charge in [-0.25, -0.2) is 4.98 Å². The van der Waals surface area contributed by atoms with Gasteiger partial charge in [0.05, 0.1) is 11.2 Å². The molecule has 0 saturated carbocycles. The van der Waals surface area contributed by atoms with Crippen molar-refractivity contribution >= 4 is 16.7 Å². The maximum absolute atomic E-state index is 4.96. The number of piperazine rings is 1. The van der Waals surface area contributed by atoms with Gasteiger partial charge < -0.3 is 15.2 Å². The second-order valence-electron chi connectivity index (χ2n) is 8.39. The highest BCUT2D eigenvalue weighted by atomic mass is 15.2. The van der Waals surface area contributed by atoms with Gasteiger partial charge in [0.1, 0.15) is 11.3 Å². The Balaban J connectivity index is 1.71. The summed E-state index contributed by atoms with van der Waals surface area (Å²) in [7, 11) is 0. The van der Waals surface area contributed by atoms with Crippen LogP contribution in [0.4, 0.5) is 5.69 Å². The maximum Gasteiger partial charge on any atom is 0.138 e. The molecule has 1 saturated heterocycles. The quantitative estimate of drug-likeness (QED) is 0.725. The molecule has 3 aromatic rings. The second-order valence-corrected chi connectivity index (χ2v) is 8.39. The molecule has 0 bridgehead atoms. The lowest BCUT2D eigenvalue weighted by atomic mass is 9.87. The normalized spacial score (nSPS) is 18.5. The molecule has 1 aromatic heterocycles. The number of H-pyrrole nitrogens is 1. The predicted octanol–water partition coefficient (Wildman–Crippen LogP) is 4.33. The van der Waals surface area contributed by atoms with E-state index < -0.39 is 0 Å². The molecular weight excluding hydrogens is 320 g/mol. The van der Waals surface area contributed by atoms with Crippen molar-refractivity contribution in [3.8, 4) is 11.4 Å². The second kappa shape index (κ2) is 6.44. The number of aromatic amines is 1.